The topological polar surface area (TPSA) is 73.8 Å². The van der Waals surface area contributed by atoms with Crippen LogP contribution in [0.1, 0.15) is 51.7 Å². The van der Waals surface area contributed by atoms with E-state index in [0.717, 1.165) is 38.3 Å². The largest absolute Gasteiger partial charge is 0.357 e. The van der Waals surface area contributed by atoms with Gasteiger partial charge in [-0.25, -0.2) is 12.7 Å². The molecule has 0 radical (unpaired) electrons. The number of nitrogens with zero attached hydrogens (tertiary/aromatic N) is 2. The number of rotatable bonds is 8. The summed E-state index contributed by atoms with van der Waals surface area (Å²) in [6, 6.07) is 8.83. The van der Waals surface area contributed by atoms with Crippen molar-refractivity contribution in [2.24, 2.45) is 10.9 Å². The number of aliphatic imine (C=N–C) groups is 1. The van der Waals surface area contributed by atoms with Crippen LogP contribution in [0, 0.1) is 5.92 Å². The Labute approximate surface area is 177 Å². The second-order valence-electron chi connectivity index (χ2n) is 8.62. The minimum absolute atomic E-state index is 0.0462. The van der Waals surface area contributed by atoms with Gasteiger partial charge in [0.15, 0.2) is 5.96 Å². The Morgan fingerprint density at radius 2 is 1.76 bits per heavy atom. The highest BCUT2D eigenvalue weighted by molar-refractivity contribution is 7.88. The van der Waals surface area contributed by atoms with Gasteiger partial charge in [0.25, 0.3) is 0 Å². The van der Waals surface area contributed by atoms with E-state index in [1.807, 2.05) is 0 Å². The van der Waals surface area contributed by atoms with Gasteiger partial charge in [-0.1, -0.05) is 45.0 Å². The first-order chi connectivity index (χ1) is 13.7. The molecule has 2 N–H and O–H groups in total. The van der Waals surface area contributed by atoms with Crippen LogP contribution in [0.25, 0.3) is 0 Å². The number of sulfonamides is 1. The molecule has 1 aromatic carbocycles. The van der Waals surface area contributed by atoms with E-state index in [1.165, 1.54) is 17.4 Å². The lowest BCUT2D eigenvalue weighted by Gasteiger charge is -2.30. The average molecular weight is 423 g/mol. The van der Waals surface area contributed by atoms with Gasteiger partial charge in [0.2, 0.25) is 10.0 Å². The number of hydrogen-bond acceptors (Lipinski definition) is 3. The van der Waals surface area contributed by atoms with Crippen LogP contribution < -0.4 is 10.6 Å². The Morgan fingerprint density at radius 3 is 2.28 bits per heavy atom. The van der Waals surface area contributed by atoms with Crippen molar-refractivity contribution in [1.29, 1.82) is 0 Å². The Bertz CT molecular complexity index is 765. The molecule has 164 valence electrons. The Morgan fingerprint density at radius 1 is 1.14 bits per heavy atom. The molecular weight excluding hydrogens is 384 g/mol. The minimum Gasteiger partial charge on any atom is -0.357 e. The average Bonchev–Trinajstić information content (AvgIpc) is 2.70. The lowest BCUT2D eigenvalue weighted by atomic mass is 9.84. The normalized spacial score (nSPS) is 17.3. The van der Waals surface area contributed by atoms with Crippen molar-refractivity contribution in [3.8, 4) is 0 Å². The Hall–Kier alpha value is -1.60. The van der Waals surface area contributed by atoms with Crippen LogP contribution in [-0.4, -0.2) is 57.7 Å². The van der Waals surface area contributed by atoms with Crippen molar-refractivity contribution >= 4 is 16.0 Å². The van der Waals surface area contributed by atoms with Crippen LogP contribution in [-0.2, 0) is 21.9 Å². The van der Waals surface area contributed by atoms with E-state index >= 15 is 0 Å². The summed E-state index contributed by atoms with van der Waals surface area (Å²) in [4.78, 5) is 4.83. The molecular formula is C22H38N4O2S. The monoisotopic (exact) mass is 422 g/mol. The van der Waals surface area contributed by atoms with E-state index in [2.05, 4.69) is 62.6 Å². The molecule has 7 heteroatoms. The van der Waals surface area contributed by atoms with Crippen LogP contribution >= 0.6 is 0 Å². The maximum Gasteiger partial charge on any atom is 0.211 e. The highest BCUT2D eigenvalue weighted by Crippen LogP contribution is 2.24. The summed E-state index contributed by atoms with van der Waals surface area (Å²) in [5.41, 5.74) is 2.60. The third-order valence-corrected chi connectivity index (χ3v) is 7.02. The van der Waals surface area contributed by atoms with Crippen molar-refractivity contribution in [2.45, 2.75) is 52.4 Å². The number of aryl methyl sites for hydroxylation is 1. The maximum atomic E-state index is 11.7. The number of piperidine rings is 1. The van der Waals surface area contributed by atoms with Crippen LogP contribution in [0.2, 0.25) is 0 Å². The van der Waals surface area contributed by atoms with Gasteiger partial charge in [0.1, 0.15) is 0 Å². The standard InChI is InChI=1S/C22H38N4O2S/c1-6-18-8-10-20(11-9-18)22(3,4)17-25-21(23-7-2)24-16-19-12-14-26(15-13-19)29(5,27)28/h8-11,19H,6-7,12-17H2,1-5H3,(H2,23,24,25). The fourth-order valence-electron chi connectivity index (χ4n) is 3.59. The molecule has 0 aliphatic carbocycles. The molecule has 29 heavy (non-hydrogen) atoms. The fourth-order valence-corrected chi connectivity index (χ4v) is 4.46. The highest BCUT2D eigenvalue weighted by atomic mass is 32.2. The molecule has 0 atom stereocenters. The predicted molar refractivity (Wildman–Crippen MR) is 122 cm³/mol. The Balaban J connectivity index is 1.92. The summed E-state index contributed by atoms with van der Waals surface area (Å²) in [6.45, 7) is 12.2. The van der Waals surface area contributed by atoms with Crippen molar-refractivity contribution in [2.75, 3.05) is 39.0 Å². The zero-order chi connectivity index (χ0) is 21.5. The molecule has 1 saturated heterocycles. The zero-order valence-corrected chi connectivity index (χ0v) is 19.5. The summed E-state index contributed by atoms with van der Waals surface area (Å²) in [6.07, 6.45) is 4.11. The molecule has 0 amide bonds. The molecule has 0 unspecified atom stereocenters. The first-order valence-electron chi connectivity index (χ1n) is 10.7. The van der Waals surface area contributed by atoms with Gasteiger partial charge in [-0.05, 0) is 43.2 Å². The van der Waals surface area contributed by atoms with Crippen LogP contribution in [0.3, 0.4) is 0 Å². The molecule has 1 aliphatic rings. The first-order valence-corrected chi connectivity index (χ1v) is 12.6. The smallest absolute Gasteiger partial charge is 0.211 e. The van der Waals surface area contributed by atoms with Crippen molar-refractivity contribution in [1.82, 2.24) is 14.9 Å². The fraction of sp³-hybridized carbons (Fsp3) is 0.682. The summed E-state index contributed by atoms with van der Waals surface area (Å²) < 4.78 is 24.9. The molecule has 0 saturated carbocycles. The van der Waals surface area contributed by atoms with Crippen molar-refractivity contribution in [3.63, 3.8) is 0 Å². The quantitative estimate of drug-likeness (QED) is 0.499. The number of nitrogens with one attached hydrogen (secondary N) is 2. The molecule has 1 aliphatic heterocycles. The van der Waals surface area contributed by atoms with Crippen molar-refractivity contribution < 1.29 is 8.42 Å². The van der Waals surface area contributed by atoms with E-state index in [4.69, 9.17) is 4.99 Å². The van der Waals surface area contributed by atoms with E-state index in [-0.39, 0.29) is 5.41 Å². The van der Waals surface area contributed by atoms with Gasteiger partial charge >= 0.3 is 0 Å². The van der Waals surface area contributed by atoms with Crippen molar-refractivity contribution in [3.05, 3.63) is 35.4 Å². The van der Waals surface area contributed by atoms with Gasteiger partial charge in [-0.15, -0.1) is 0 Å². The third-order valence-electron chi connectivity index (χ3n) is 5.72. The third kappa shape index (κ3) is 7.30. The summed E-state index contributed by atoms with van der Waals surface area (Å²) in [5, 5.41) is 6.79. The van der Waals surface area contributed by atoms with Gasteiger partial charge in [-0.2, -0.15) is 0 Å². The van der Waals surface area contributed by atoms with E-state index in [0.29, 0.717) is 25.6 Å². The lowest BCUT2D eigenvalue weighted by Crippen LogP contribution is -2.44. The highest BCUT2D eigenvalue weighted by Gasteiger charge is 2.25. The predicted octanol–water partition coefficient (Wildman–Crippen LogP) is 2.75. The summed E-state index contributed by atoms with van der Waals surface area (Å²) >= 11 is 0. The minimum atomic E-state index is -3.07. The first kappa shape index (κ1) is 23.7. The second kappa shape index (κ2) is 10.4. The second-order valence-corrected chi connectivity index (χ2v) is 10.6. The van der Waals surface area contributed by atoms with Gasteiger partial charge in [0, 0.05) is 31.6 Å². The molecule has 6 nitrogen and oxygen atoms in total. The number of hydrogen-bond donors (Lipinski definition) is 2. The van der Waals surface area contributed by atoms with Crippen LogP contribution in [0.5, 0.6) is 0 Å². The van der Waals surface area contributed by atoms with Crippen LogP contribution in [0.4, 0.5) is 0 Å². The summed E-state index contributed by atoms with van der Waals surface area (Å²) in [5.74, 6) is 1.29. The molecule has 0 spiro atoms. The molecule has 0 bridgehead atoms. The lowest BCUT2D eigenvalue weighted by molar-refractivity contribution is 0.275. The van der Waals surface area contributed by atoms with Gasteiger partial charge in [-0.3, -0.25) is 4.99 Å². The summed E-state index contributed by atoms with van der Waals surface area (Å²) in [7, 11) is -3.07. The number of benzene rings is 1. The van der Waals surface area contributed by atoms with Gasteiger partial charge in [0.05, 0.1) is 12.8 Å². The molecule has 0 aromatic heterocycles. The van der Waals surface area contributed by atoms with Crippen LogP contribution in [0.15, 0.2) is 29.3 Å². The van der Waals surface area contributed by atoms with E-state index in [9.17, 15) is 8.42 Å². The molecule has 1 heterocycles. The van der Waals surface area contributed by atoms with Gasteiger partial charge < -0.3 is 10.6 Å². The number of guanidine groups is 1. The SMILES string of the molecule is CCNC(=NCC(C)(C)c1ccc(CC)cc1)NCC1CCN(S(C)(=O)=O)CC1. The maximum absolute atomic E-state index is 11.7. The molecule has 1 aromatic rings. The Kier molecular flexibility index (Phi) is 8.52. The molecule has 2 rings (SSSR count). The molecule has 1 fully saturated rings. The van der Waals surface area contributed by atoms with E-state index in [1.54, 1.807) is 4.31 Å². The zero-order valence-electron chi connectivity index (χ0n) is 18.7. The van der Waals surface area contributed by atoms with E-state index < -0.39 is 10.0 Å².